The van der Waals surface area contributed by atoms with Crippen LogP contribution in [0.2, 0.25) is 0 Å². The molecule has 2 aromatic rings. The third kappa shape index (κ3) is 6.80. The predicted molar refractivity (Wildman–Crippen MR) is 111 cm³/mol. The van der Waals surface area contributed by atoms with E-state index >= 15 is 0 Å². The lowest BCUT2D eigenvalue weighted by atomic mass is 10.2. The second-order valence-electron chi connectivity index (χ2n) is 6.67. The number of para-hydroxylation sites is 1. The smallest absolute Gasteiger partial charge is 0.145 e. The number of hydrogen-bond acceptors (Lipinski definition) is 6. The molecule has 1 N–H and O–H groups in total. The van der Waals surface area contributed by atoms with Crippen LogP contribution < -0.4 is 5.32 Å². The Labute approximate surface area is 156 Å². The molecule has 6 heteroatoms. The zero-order valence-corrected chi connectivity index (χ0v) is 16.8. The van der Waals surface area contributed by atoms with Gasteiger partial charge < -0.3 is 10.2 Å². The highest BCUT2D eigenvalue weighted by molar-refractivity contribution is 7.98. The minimum absolute atomic E-state index is 0.783. The molecule has 0 saturated heterocycles. The fraction of sp³-hybridized carbons (Fsp3) is 0.579. The fourth-order valence-electron chi connectivity index (χ4n) is 2.73. The van der Waals surface area contributed by atoms with Gasteiger partial charge in [-0.3, -0.25) is 4.90 Å². The Morgan fingerprint density at radius 1 is 1.04 bits per heavy atom. The Hall–Kier alpha value is -1.37. The molecule has 2 rings (SSSR count). The third-order valence-corrected chi connectivity index (χ3v) is 4.72. The zero-order valence-electron chi connectivity index (χ0n) is 16.0. The maximum absolute atomic E-state index is 4.80. The molecule has 0 aliphatic rings. The van der Waals surface area contributed by atoms with E-state index in [0.717, 1.165) is 55.1 Å². The van der Waals surface area contributed by atoms with Gasteiger partial charge in [0.25, 0.3) is 0 Å². The predicted octanol–water partition coefficient (Wildman–Crippen LogP) is 3.18. The molecule has 0 aliphatic heterocycles. The lowest BCUT2D eigenvalue weighted by molar-refractivity contribution is 0.320. The van der Waals surface area contributed by atoms with Gasteiger partial charge in [-0.2, -0.15) is 11.8 Å². The maximum atomic E-state index is 4.80. The third-order valence-electron chi connectivity index (χ3n) is 4.02. The quantitative estimate of drug-likeness (QED) is 0.620. The lowest BCUT2D eigenvalue weighted by Crippen LogP contribution is -2.21. The molecule has 1 aromatic carbocycles. The molecule has 25 heavy (non-hydrogen) atoms. The number of nitrogens with zero attached hydrogens (tertiary/aromatic N) is 4. The maximum Gasteiger partial charge on any atom is 0.145 e. The number of thioether (sulfide) groups is 1. The van der Waals surface area contributed by atoms with Gasteiger partial charge in [-0.15, -0.1) is 0 Å². The Balaban J connectivity index is 2.07. The highest BCUT2D eigenvalue weighted by Crippen LogP contribution is 2.20. The molecule has 0 radical (unpaired) electrons. The average molecular weight is 362 g/mol. The van der Waals surface area contributed by atoms with Crippen molar-refractivity contribution in [2.75, 3.05) is 58.1 Å². The average Bonchev–Trinajstić information content (AvgIpc) is 2.58. The van der Waals surface area contributed by atoms with Crippen molar-refractivity contribution < 1.29 is 0 Å². The van der Waals surface area contributed by atoms with Crippen molar-refractivity contribution in [2.45, 2.75) is 19.4 Å². The summed E-state index contributed by atoms with van der Waals surface area (Å²) in [5.74, 6) is 3.04. The zero-order chi connectivity index (χ0) is 18.1. The Morgan fingerprint density at radius 2 is 1.84 bits per heavy atom. The molecule has 0 saturated carbocycles. The Bertz CT molecular complexity index is 647. The summed E-state index contributed by atoms with van der Waals surface area (Å²) in [6, 6.07) is 8.25. The molecular formula is C19H31N5S. The Morgan fingerprint density at radius 3 is 2.60 bits per heavy atom. The molecule has 0 unspecified atom stereocenters. The minimum atomic E-state index is 0.783. The molecule has 0 spiro atoms. The number of rotatable bonds is 11. The van der Waals surface area contributed by atoms with E-state index in [1.807, 2.05) is 23.9 Å². The van der Waals surface area contributed by atoms with Gasteiger partial charge in [-0.25, -0.2) is 9.97 Å². The van der Waals surface area contributed by atoms with E-state index in [4.69, 9.17) is 9.97 Å². The topological polar surface area (TPSA) is 44.3 Å². The van der Waals surface area contributed by atoms with E-state index in [1.54, 1.807) is 0 Å². The van der Waals surface area contributed by atoms with Crippen LogP contribution in [0.3, 0.4) is 0 Å². The van der Waals surface area contributed by atoms with Gasteiger partial charge in [0.2, 0.25) is 0 Å². The first-order valence-corrected chi connectivity index (χ1v) is 10.3. The molecule has 5 nitrogen and oxygen atoms in total. The number of fused-ring (bicyclic) bond motifs is 1. The highest BCUT2D eigenvalue weighted by Gasteiger charge is 2.09. The van der Waals surface area contributed by atoms with Gasteiger partial charge in [0.1, 0.15) is 11.6 Å². The molecular weight excluding hydrogens is 330 g/mol. The van der Waals surface area contributed by atoms with Gasteiger partial charge >= 0.3 is 0 Å². The number of benzene rings is 1. The van der Waals surface area contributed by atoms with Crippen LogP contribution in [0.5, 0.6) is 0 Å². The molecule has 1 heterocycles. The largest absolute Gasteiger partial charge is 0.369 e. The van der Waals surface area contributed by atoms with Crippen molar-refractivity contribution >= 4 is 28.5 Å². The van der Waals surface area contributed by atoms with Crippen LogP contribution in [-0.4, -0.2) is 72.6 Å². The summed E-state index contributed by atoms with van der Waals surface area (Å²) in [6.07, 6.45) is 4.44. The van der Waals surface area contributed by atoms with Crippen LogP contribution in [0.15, 0.2) is 24.3 Å². The van der Waals surface area contributed by atoms with Gasteiger partial charge in [-0.1, -0.05) is 12.1 Å². The second kappa shape index (κ2) is 10.6. The molecule has 0 fully saturated rings. The van der Waals surface area contributed by atoms with Crippen LogP contribution in [0.25, 0.3) is 10.9 Å². The monoisotopic (exact) mass is 361 g/mol. The molecule has 0 amide bonds. The standard InChI is InChI=1S/C19H31N5S/c1-23(2)12-7-11-20-19-16-9-5-6-10-17(16)21-18(22-19)15-24(3)13-8-14-25-4/h5-6,9-10H,7-8,11-15H2,1-4H3,(H,20,21,22). The Kier molecular flexibility index (Phi) is 8.44. The van der Waals surface area contributed by atoms with Gasteiger partial charge in [0.15, 0.2) is 0 Å². The van der Waals surface area contributed by atoms with E-state index in [0.29, 0.717) is 0 Å². The first-order chi connectivity index (χ1) is 12.1. The van der Waals surface area contributed by atoms with Crippen LogP contribution in [0.4, 0.5) is 5.82 Å². The summed E-state index contributed by atoms with van der Waals surface area (Å²) in [5, 5.41) is 4.61. The molecule has 0 aliphatic carbocycles. The second-order valence-corrected chi connectivity index (χ2v) is 7.66. The highest BCUT2D eigenvalue weighted by atomic mass is 32.2. The summed E-state index contributed by atoms with van der Waals surface area (Å²) >= 11 is 1.90. The van der Waals surface area contributed by atoms with Crippen molar-refractivity contribution in [3.05, 3.63) is 30.1 Å². The van der Waals surface area contributed by atoms with E-state index in [2.05, 4.69) is 54.6 Å². The van der Waals surface area contributed by atoms with Gasteiger partial charge in [0.05, 0.1) is 12.1 Å². The fourth-order valence-corrected chi connectivity index (χ4v) is 3.15. The summed E-state index contributed by atoms with van der Waals surface area (Å²) in [5.41, 5.74) is 1.01. The molecule has 1 aromatic heterocycles. The van der Waals surface area contributed by atoms with Crippen molar-refractivity contribution in [3.8, 4) is 0 Å². The van der Waals surface area contributed by atoms with E-state index in [9.17, 15) is 0 Å². The van der Waals surface area contributed by atoms with Crippen LogP contribution >= 0.6 is 11.8 Å². The van der Waals surface area contributed by atoms with Crippen molar-refractivity contribution in [1.29, 1.82) is 0 Å². The van der Waals surface area contributed by atoms with Gasteiger partial charge in [-0.05, 0) is 71.2 Å². The number of aromatic nitrogens is 2. The van der Waals surface area contributed by atoms with E-state index in [-0.39, 0.29) is 0 Å². The SMILES string of the molecule is CSCCCN(C)Cc1nc(NCCCN(C)C)c2ccccc2n1. The first kappa shape index (κ1) is 19.9. The van der Waals surface area contributed by atoms with Crippen molar-refractivity contribution in [3.63, 3.8) is 0 Å². The first-order valence-electron chi connectivity index (χ1n) is 8.92. The van der Waals surface area contributed by atoms with Gasteiger partial charge in [0, 0.05) is 11.9 Å². The number of nitrogens with one attached hydrogen (secondary N) is 1. The molecule has 138 valence electrons. The van der Waals surface area contributed by atoms with Crippen LogP contribution in [-0.2, 0) is 6.54 Å². The minimum Gasteiger partial charge on any atom is -0.369 e. The molecule has 0 atom stereocenters. The van der Waals surface area contributed by atoms with E-state index < -0.39 is 0 Å². The normalized spacial score (nSPS) is 11.6. The summed E-state index contributed by atoms with van der Waals surface area (Å²) in [4.78, 5) is 14.1. The number of hydrogen-bond donors (Lipinski definition) is 1. The van der Waals surface area contributed by atoms with Crippen LogP contribution in [0.1, 0.15) is 18.7 Å². The lowest BCUT2D eigenvalue weighted by Gasteiger charge is -2.17. The number of anilines is 1. The summed E-state index contributed by atoms with van der Waals surface area (Å²) < 4.78 is 0. The van der Waals surface area contributed by atoms with E-state index in [1.165, 1.54) is 12.2 Å². The van der Waals surface area contributed by atoms with Crippen LogP contribution in [0, 0.1) is 0 Å². The van der Waals surface area contributed by atoms with Crippen molar-refractivity contribution in [1.82, 2.24) is 19.8 Å². The summed E-state index contributed by atoms with van der Waals surface area (Å²) in [6.45, 7) is 3.84. The van der Waals surface area contributed by atoms with Crippen molar-refractivity contribution in [2.24, 2.45) is 0 Å². The summed E-state index contributed by atoms with van der Waals surface area (Å²) in [7, 11) is 6.35. The molecule has 0 bridgehead atoms.